The molecule has 0 aliphatic carbocycles. The molecule has 2 unspecified atom stereocenters. The van der Waals surface area contributed by atoms with Crippen molar-refractivity contribution in [3.8, 4) is 0 Å². The third-order valence-electron chi connectivity index (χ3n) is 3.85. The van der Waals surface area contributed by atoms with E-state index < -0.39 is 0 Å². The fourth-order valence-corrected chi connectivity index (χ4v) is 4.55. The molecule has 2 aliphatic heterocycles. The standard InChI is InChI=1S/C14H17BrFNOS/c15-10-1-2-13(12(16)7-10)17-11-3-5-18-14(8-11)4-6-19-9-14/h1-2,7,11,17H,3-6,8-9H2. The molecule has 2 nitrogen and oxygen atoms in total. The Kier molecular flexibility index (Phi) is 4.06. The van der Waals surface area contributed by atoms with Crippen molar-refractivity contribution in [3.05, 3.63) is 28.5 Å². The van der Waals surface area contributed by atoms with E-state index in [1.807, 2.05) is 17.8 Å². The van der Waals surface area contributed by atoms with Crippen LogP contribution in [0.2, 0.25) is 0 Å². The van der Waals surface area contributed by atoms with Crippen molar-refractivity contribution in [1.82, 2.24) is 0 Å². The lowest BCUT2D eigenvalue weighted by Crippen LogP contribution is -2.44. The molecular weight excluding hydrogens is 329 g/mol. The lowest BCUT2D eigenvalue weighted by Gasteiger charge is -2.38. The van der Waals surface area contributed by atoms with Crippen LogP contribution in [-0.2, 0) is 4.74 Å². The molecule has 2 atom stereocenters. The minimum atomic E-state index is -0.198. The summed E-state index contributed by atoms with van der Waals surface area (Å²) in [4.78, 5) is 0. The minimum absolute atomic E-state index is 0.0342. The average molecular weight is 346 g/mol. The molecule has 2 heterocycles. The van der Waals surface area contributed by atoms with Crippen LogP contribution in [0.25, 0.3) is 0 Å². The largest absolute Gasteiger partial charge is 0.380 e. The van der Waals surface area contributed by atoms with Crippen molar-refractivity contribution in [1.29, 1.82) is 0 Å². The van der Waals surface area contributed by atoms with Crippen molar-refractivity contribution < 1.29 is 9.13 Å². The van der Waals surface area contributed by atoms with E-state index in [0.29, 0.717) is 11.7 Å². The van der Waals surface area contributed by atoms with Crippen LogP contribution in [0.3, 0.4) is 0 Å². The van der Waals surface area contributed by atoms with Crippen LogP contribution in [0.5, 0.6) is 0 Å². The highest BCUT2D eigenvalue weighted by molar-refractivity contribution is 9.10. The van der Waals surface area contributed by atoms with Gasteiger partial charge >= 0.3 is 0 Å². The normalized spacial score (nSPS) is 30.7. The zero-order valence-corrected chi connectivity index (χ0v) is 13.0. The Morgan fingerprint density at radius 3 is 3.11 bits per heavy atom. The predicted octanol–water partition coefficient (Wildman–Crippen LogP) is 4.05. The van der Waals surface area contributed by atoms with E-state index >= 15 is 0 Å². The van der Waals surface area contributed by atoms with Gasteiger partial charge in [0.1, 0.15) is 5.82 Å². The predicted molar refractivity (Wildman–Crippen MR) is 81.4 cm³/mol. The molecule has 104 valence electrons. The summed E-state index contributed by atoms with van der Waals surface area (Å²) < 4.78 is 20.6. The van der Waals surface area contributed by atoms with Crippen molar-refractivity contribution in [2.75, 3.05) is 23.4 Å². The number of anilines is 1. The summed E-state index contributed by atoms with van der Waals surface area (Å²) in [6.45, 7) is 0.774. The molecule has 3 rings (SSSR count). The molecule has 2 fully saturated rings. The van der Waals surface area contributed by atoms with Gasteiger partial charge in [-0.1, -0.05) is 15.9 Å². The van der Waals surface area contributed by atoms with Crippen molar-refractivity contribution >= 4 is 33.4 Å². The van der Waals surface area contributed by atoms with E-state index in [4.69, 9.17) is 4.74 Å². The summed E-state index contributed by atoms with van der Waals surface area (Å²) in [5.41, 5.74) is 0.628. The number of ether oxygens (including phenoxy) is 1. The van der Waals surface area contributed by atoms with Crippen LogP contribution in [-0.4, -0.2) is 29.8 Å². The Morgan fingerprint density at radius 2 is 2.37 bits per heavy atom. The second-order valence-electron chi connectivity index (χ2n) is 5.29. The Balaban J connectivity index is 1.69. The maximum absolute atomic E-state index is 13.8. The highest BCUT2D eigenvalue weighted by atomic mass is 79.9. The summed E-state index contributed by atoms with van der Waals surface area (Å²) in [6.07, 6.45) is 3.05. The van der Waals surface area contributed by atoms with Crippen LogP contribution >= 0.6 is 27.7 Å². The first-order valence-corrected chi connectivity index (χ1v) is 8.55. The molecule has 1 aromatic carbocycles. The van der Waals surface area contributed by atoms with Crippen LogP contribution in [0, 0.1) is 5.82 Å². The average Bonchev–Trinajstić information content (AvgIpc) is 2.81. The van der Waals surface area contributed by atoms with E-state index in [0.717, 1.165) is 36.1 Å². The van der Waals surface area contributed by atoms with Crippen molar-refractivity contribution in [2.24, 2.45) is 0 Å². The third-order valence-corrected chi connectivity index (χ3v) is 5.57. The second kappa shape index (κ2) is 5.62. The molecule has 0 aromatic heterocycles. The Bertz CT molecular complexity index is 465. The molecule has 0 bridgehead atoms. The number of thioether (sulfide) groups is 1. The summed E-state index contributed by atoms with van der Waals surface area (Å²) in [7, 11) is 0. The second-order valence-corrected chi connectivity index (χ2v) is 7.31. The molecule has 0 amide bonds. The SMILES string of the molecule is Fc1cc(Br)ccc1NC1CCOC2(CCSC2)C1. The van der Waals surface area contributed by atoms with E-state index in [1.54, 1.807) is 6.07 Å². The van der Waals surface area contributed by atoms with Crippen molar-refractivity contribution in [2.45, 2.75) is 30.9 Å². The fraction of sp³-hybridized carbons (Fsp3) is 0.571. The van der Waals surface area contributed by atoms with E-state index in [1.165, 1.54) is 11.8 Å². The first kappa shape index (κ1) is 13.7. The maximum atomic E-state index is 13.8. The van der Waals surface area contributed by atoms with Gasteiger partial charge in [0.15, 0.2) is 0 Å². The van der Waals surface area contributed by atoms with Crippen molar-refractivity contribution in [3.63, 3.8) is 0 Å². The Hall–Kier alpha value is -0.260. The van der Waals surface area contributed by atoms with Gasteiger partial charge in [-0.2, -0.15) is 11.8 Å². The lowest BCUT2D eigenvalue weighted by atomic mass is 9.90. The van der Waals surface area contributed by atoms with Gasteiger partial charge in [0.05, 0.1) is 11.3 Å². The Morgan fingerprint density at radius 1 is 1.47 bits per heavy atom. The first-order chi connectivity index (χ1) is 9.17. The topological polar surface area (TPSA) is 21.3 Å². The van der Waals surface area contributed by atoms with Gasteiger partial charge < -0.3 is 10.1 Å². The zero-order chi connectivity index (χ0) is 13.3. The van der Waals surface area contributed by atoms with E-state index in [9.17, 15) is 4.39 Å². The molecule has 5 heteroatoms. The van der Waals surface area contributed by atoms with Crippen LogP contribution in [0.1, 0.15) is 19.3 Å². The van der Waals surface area contributed by atoms with Crippen LogP contribution in [0.4, 0.5) is 10.1 Å². The number of nitrogens with one attached hydrogen (secondary N) is 1. The summed E-state index contributed by atoms with van der Waals surface area (Å²) in [6, 6.07) is 5.47. The van der Waals surface area contributed by atoms with Gasteiger partial charge in [-0.3, -0.25) is 0 Å². The number of hydrogen-bond acceptors (Lipinski definition) is 3. The number of benzene rings is 1. The molecule has 19 heavy (non-hydrogen) atoms. The summed E-state index contributed by atoms with van der Waals surface area (Å²) in [5, 5.41) is 3.34. The van der Waals surface area contributed by atoms with E-state index in [2.05, 4.69) is 21.2 Å². The monoisotopic (exact) mass is 345 g/mol. The molecule has 2 aliphatic rings. The minimum Gasteiger partial charge on any atom is -0.380 e. The molecule has 0 saturated carbocycles. The maximum Gasteiger partial charge on any atom is 0.147 e. The first-order valence-electron chi connectivity index (χ1n) is 6.60. The van der Waals surface area contributed by atoms with Gasteiger partial charge in [0.2, 0.25) is 0 Å². The number of rotatable bonds is 2. The number of halogens is 2. The Labute approximate surface area is 125 Å². The molecule has 1 aromatic rings. The molecule has 0 radical (unpaired) electrons. The highest BCUT2D eigenvalue weighted by Gasteiger charge is 2.40. The van der Waals surface area contributed by atoms with Crippen LogP contribution < -0.4 is 5.32 Å². The lowest BCUT2D eigenvalue weighted by molar-refractivity contribution is -0.0628. The zero-order valence-electron chi connectivity index (χ0n) is 10.6. The molecule has 1 N–H and O–H groups in total. The third kappa shape index (κ3) is 3.09. The summed E-state index contributed by atoms with van der Waals surface area (Å²) in [5.74, 6) is 2.06. The summed E-state index contributed by atoms with van der Waals surface area (Å²) >= 11 is 5.24. The van der Waals surface area contributed by atoms with Gasteiger partial charge in [0, 0.05) is 22.9 Å². The quantitative estimate of drug-likeness (QED) is 0.873. The molecule has 2 saturated heterocycles. The van der Waals surface area contributed by atoms with Gasteiger partial charge in [-0.25, -0.2) is 4.39 Å². The van der Waals surface area contributed by atoms with Gasteiger partial charge in [-0.05, 0) is 43.2 Å². The smallest absolute Gasteiger partial charge is 0.147 e. The number of hydrogen-bond donors (Lipinski definition) is 1. The van der Waals surface area contributed by atoms with Gasteiger partial charge in [-0.15, -0.1) is 0 Å². The molecular formula is C14H17BrFNOS. The highest BCUT2D eigenvalue weighted by Crippen LogP contribution is 2.39. The van der Waals surface area contributed by atoms with Gasteiger partial charge in [0.25, 0.3) is 0 Å². The van der Waals surface area contributed by atoms with E-state index in [-0.39, 0.29) is 11.4 Å². The molecule has 1 spiro atoms. The fourth-order valence-electron chi connectivity index (χ4n) is 2.84. The van der Waals surface area contributed by atoms with Crippen LogP contribution in [0.15, 0.2) is 22.7 Å².